The summed E-state index contributed by atoms with van der Waals surface area (Å²) in [5, 5.41) is 13.4. The van der Waals surface area contributed by atoms with Crippen LogP contribution in [0, 0.1) is 5.92 Å². The van der Waals surface area contributed by atoms with Gasteiger partial charge in [-0.2, -0.15) is 0 Å². The summed E-state index contributed by atoms with van der Waals surface area (Å²) in [5.74, 6) is -2.52. The second-order valence-corrected chi connectivity index (χ2v) is 6.84. The monoisotopic (exact) mass is 377 g/mol. The van der Waals surface area contributed by atoms with Crippen LogP contribution >= 0.6 is 11.6 Å². The first-order chi connectivity index (χ1) is 12.3. The lowest BCUT2D eigenvalue weighted by atomic mass is 9.74. The zero-order chi connectivity index (χ0) is 19.4. The predicted molar refractivity (Wildman–Crippen MR) is 101 cm³/mol. The highest BCUT2D eigenvalue weighted by Gasteiger charge is 2.40. The summed E-state index contributed by atoms with van der Waals surface area (Å²) in [5.41, 5.74) is 2.42. The predicted octanol–water partition coefficient (Wildman–Crippen LogP) is 4.25. The second kappa shape index (κ2) is 8.41. The van der Waals surface area contributed by atoms with Gasteiger partial charge in [0.1, 0.15) is 0 Å². The molecule has 1 aromatic carbocycles. The third kappa shape index (κ3) is 3.93. The maximum absolute atomic E-state index is 12.7. The van der Waals surface area contributed by atoms with E-state index in [0.717, 1.165) is 5.56 Å². The van der Waals surface area contributed by atoms with Gasteiger partial charge in [0.25, 0.3) is 0 Å². The van der Waals surface area contributed by atoms with Gasteiger partial charge in [-0.1, -0.05) is 43.6 Å². The van der Waals surface area contributed by atoms with Gasteiger partial charge in [0.2, 0.25) is 0 Å². The fraction of sp³-hybridized carbons (Fsp3) is 0.400. The Morgan fingerprint density at radius 2 is 1.85 bits per heavy atom. The van der Waals surface area contributed by atoms with Gasteiger partial charge >= 0.3 is 11.9 Å². The van der Waals surface area contributed by atoms with Crippen molar-refractivity contribution in [3.8, 4) is 0 Å². The SMILES string of the molecule is CCCOC(=O)C1=C(C)NC(C)=C(C(=O)O)C1C(C)c1ccccc1Cl. The van der Waals surface area contributed by atoms with Crippen molar-refractivity contribution in [3.05, 3.63) is 57.4 Å². The van der Waals surface area contributed by atoms with Crippen LogP contribution < -0.4 is 5.32 Å². The van der Waals surface area contributed by atoms with Crippen molar-refractivity contribution >= 4 is 23.5 Å². The molecular weight excluding hydrogens is 354 g/mol. The summed E-state index contributed by atoms with van der Waals surface area (Å²) in [7, 11) is 0. The minimum absolute atomic E-state index is 0.159. The lowest BCUT2D eigenvalue weighted by Crippen LogP contribution is -2.35. The molecule has 6 heteroatoms. The quantitative estimate of drug-likeness (QED) is 0.725. The Kier molecular flexibility index (Phi) is 6.48. The largest absolute Gasteiger partial charge is 0.478 e. The summed E-state index contributed by atoms with van der Waals surface area (Å²) in [6.45, 7) is 7.54. The van der Waals surface area contributed by atoms with Crippen molar-refractivity contribution in [1.29, 1.82) is 0 Å². The lowest BCUT2D eigenvalue weighted by Gasteiger charge is -2.33. The highest BCUT2D eigenvalue weighted by Crippen LogP contribution is 2.42. The van der Waals surface area contributed by atoms with Gasteiger partial charge in [0.05, 0.1) is 17.8 Å². The average Bonchev–Trinajstić information content (AvgIpc) is 2.58. The molecule has 2 rings (SSSR count). The molecule has 1 aromatic rings. The number of carboxylic acid groups (broad SMARTS) is 1. The van der Waals surface area contributed by atoms with Crippen molar-refractivity contribution in [2.75, 3.05) is 6.61 Å². The first kappa shape index (κ1) is 20.0. The van der Waals surface area contributed by atoms with Crippen LogP contribution in [0.15, 0.2) is 46.8 Å². The number of nitrogens with one attached hydrogen (secondary N) is 1. The molecule has 0 aromatic heterocycles. The number of ether oxygens (including phenoxy) is 1. The van der Waals surface area contributed by atoms with Crippen LogP contribution in [-0.4, -0.2) is 23.7 Å². The number of hydrogen-bond acceptors (Lipinski definition) is 4. The molecule has 0 saturated heterocycles. The third-order valence-corrected chi connectivity index (χ3v) is 4.93. The smallest absolute Gasteiger partial charge is 0.336 e. The Bertz CT molecular complexity index is 782. The van der Waals surface area contributed by atoms with Crippen LogP contribution in [0.25, 0.3) is 0 Å². The molecule has 1 aliphatic heterocycles. The zero-order valence-electron chi connectivity index (χ0n) is 15.4. The van der Waals surface area contributed by atoms with E-state index in [1.807, 2.05) is 32.0 Å². The molecule has 5 nitrogen and oxygen atoms in total. The molecule has 0 bridgehead atoms. The van der Waals surface area contributed by atoms with Gasteiger partial charge in [-0.25, -0.2) is 9.59 Å². The van der Waals surface area contributed by atoms with E-state index in [9.17, 15) is 14.7 Å². The fourth-order valence-electron chi connectivity index (χ4n) is 3.40. The van der Waals surface area contributed by atoms with Gasteiger partial charge in [-0.05, 0) is 37.8 Å². The van der Waals surface area contributed by atoms with E-state index in [1.165, 1.54) is 0 Å². The number of allylic oxidation sites excluding steroid dienone is 2. The van der Waals surface area contributed by atoms with E-state index >= 15 is 0 Å². The summed E-state index contributed by atoms with van der Waals surface area (Å²) in [6, 6.07) is 7.28. The van der Waals surface area contributed by atoms with Crippen molar-refractivity contribution in [2.24, 2.45) is 5.92 Å². The molecule has 1 aliphatic rings. The molecule has 0 spiro atoms. The van der Waals surface area contributed by atoms with Crippen molar-refractivity contribution in [3.63, 3.8) is 0 Å². The Balaban J connectivity index is 2.58. The van der Waals surface area contributed by atoms with Crippen LogP contribution in [0.5, 0.6) is 0 Å². The highest BCUT2D eigenvalue weighted by molar-refractivity contribution is 6.31. The first-order valence-electron chi connectivity index (χ1n) is 8.62. The van der Waals surface area contributed by atoms with Gasteiger partial charge in [0.15, 0.2) is 0 Å². The van der Waals surface area contributed by atoms with Crippen LogP contribution in [0.3, 0.4) is 0 Å². The number of rotatable bonds is 6. The molecule has 26 heavy (non-hydrogen) atoms. The minimum Gasteiger partial charge on any atom is -0.478 e. The number of hydrogen-bond donors (Lipinski definition) is 2. The maximum atomic E-state index is 12.7. The summed E-state index contributed by atoms with van der Waals surface area (Å²) >= 11 is 6.34. The Morgan fingerprint density at radius 3 is 2.42 bits per heavy atom. The van der Waals surface area contributed by atoms with Crippen LogP contribution in [0.2, 0.25) is 5.02 Å². The number of benzene rings is 1. The number of carbonyl (C=O) groups is 2. The van der Waals surface area contributed by atoms with E-state index in [1.54, 1.807) is 19.9 Å². The number of dihydropyridines is 1. The molecule has 1 heterocycles. The van der Waals surface area contributed by atoms with Gasteiger partial charge < -0.3 is 15.2 Å². The van der Waals surface area contributed by atoms with Crippen molar-refractivity contribution < 1.29 is 19.4 Å². The first-order valence-corrected chi connectivity index (χ1v) is 9.00. The van der Waals surface area contributed by atoms with E-state index in [2.05, 4.69) is 5.32 Å². The van der Waals surface area contributed by atoms with E-state index in [-0.39, 0.29) is 18.1 Å². The average molecular weight is 378 g/mol. The summed E-state index contributed by atoms with van der Waals surface area (Å²) in [6.07, 6.45) is 0.691. The number of carboxylic acids is 1. The minimum atomic E-state index is -1.06. The summed E-state index contributed by atoms with van der Waals surface area (Å²) in [4.78, 5) is 24.7. The highest BCUT2D eigenvalue weighted by atomic mass is 35.5. The molecule has 2 atom stereocenters. The molecule has 2 N–H and O–H groups in total. The second-order valence-electron chi connectivity index (χ2n) is 6.43. The molecular formula is C20H24ClNO4. The number of halogens is 1. The summed E-state index contributed by atoms with van der Waals surface area (Å²) < 4.78 is 5.33. The van der Waals surface area contributed by atoms with Crippen molar-refractivity contribution in [2.45, 2.75) is 40.0 Å². The fourth-order valence-corrected chi connectivity index (χ4v) is 3.70. The number of aliphatic carboxylic acids is 1. The third-order valence-electron chi connectivity index (χ3n) is 4.59. The molecule has 0 radical (unpaired) electrons. The molecule has 0 amide bonds. The van der Waals surface area contributed by atoms with Gasteiger partial charge in [-0.3, -0.25) is 0 Å². The standard InChI is InChI=1S/C20H24ClNO4/c1-5-10-26-20(25)18-13(4)22-12(3)17(19(23)24)16(18)11(2)14-8-6-7-9-15(14)21/h6-9,11,16,22H,5,10H2,1-4H3,(H,23,24). The Hall–Kier alpha value is -2.27. The van der Waals surface area contributed by atoms with E-state index in [0.29, 0.717) is 28.4 Å². The van der Waals surface area contributed by atoms with E-state index < -0.39 is 17.9 Å². The lowest BCUT2D eigenvalue weighted by molar-refractivity contribution is -0.139. The van der Waals surface area contributed by atoms with Gasteiger partial charge in [0, 0.05) is 22.3 Å². The molecule has 0 saturated carbocycles. The normalized spacial score (nSPS) is 18.4. The number of carbonyl (C=O) groups excluding carboxylic acids is 1. The van der Waals surface area contributed by atoms with Crippen LogP contribution in [0.1, 0.15) is 45.6 Å². The van der Waals surface area contributed by atoms with Gasteiger partial charge in [-0.15, -0.1) is 0 Å². The molecule has 0 aliphatic carbocycles. The molecule has 0 fully saturated rings. The number of esters is 1. The maximum Gasteiger partial charge on any atom is 0.336 e. The van der Waals surface area contributed by atoms with Crippen molar-refractivity contribution in [1.82, 2.24) is 5.32 Å². The Morgan fingerprint density at radius 1 is 1.23 bits per heavy atom. The topological polar surface area (TPSA) is 75.6 Å². The van der Waals surface area contributed by atoms with Crippen LogP contribution in [0.4, 0.5) is 0 Å². The zero-order valence-corrected chi connectivity index (χ0v) is 16.2. The van der Waals surface area contributed by atoms with E-state index in [4.69, 9.17) is 16.3 Å². The Labute approximate surface area is 158 Å². The molecule has 140 valence electrons. The molecule has 2 unspecified atom stereocenters. The van der Waals surface area contributed by atoms with Crippen LogP contribution in [-0.2, 0) is 14.3 Å².